The molecule has 4 nitrogen and oxygen atoms in total. The Kier molecular flexibility index (Phi) is 10.2. The third kappa shape index (κ3) is 8.09. The number of hydrogen-bond acceptors (Lipinski definition) is 2. The highest BCUT2D eigenvalue weighted by Gasteiger charge is 2.31. The van der Waals surface area contributed by atoms with Crippen molar-refractivity contribution in [3.05, 3.63) is 104 Å². The van der Waals surface area contributed by atoms with Gasteiger partial charge in [-0.15, -0.1) is 0 Å². The molecule has 0 aromatic heterocycles. The molecule has 2 amide bonds. The van der Waals surface area contributed by atoms with E-state index in [2.05, 4.69) is 21.2 Å². The Morgan fingerprint density at radius 2 is 1.63 bits per heavy atom. The minimum absolute atomic E-state index is 0.00123. The third-order valence-corrected chi connectivity index (χ3v) is 7.09. The molecule has 0 bridgehead atoms. The van der Waals surface area contributed by atoms with Crippen LogP contribution in [0, 0.1) is 0 Å². The van der Waals surface area contributed by atoms with Crippen molar-refractivity contribution in [2.24, 2.45) is 0 Å². The molecule has 0 radical (unpaired) electrons. The molecular formula is C28H29BrCl2N2O2. The number of hydrogen-bond donors (Lipinski definition) is 1. The van der Waals surface area contributed by atoms with Crippen LogP contribution in [0.3, 0.4) is 0 Å². The van der Waals surface area contributed by atoms with E-state index in [0.29, 0.717) is 23.0 Å². The van der Waals surface area contributed by atoms with Crippen molar-refractivity contribution in [2.75, 3.05) is 0 Å². The summed E-state index contributed by atoms with van der Waals surface area (Å²) in [5, 5.41) is 3.91. The Bertz CT molecular complexity index is 1160. The quantitative estimate of drug-likeness (QED) is 0.287. The normalized spacial score (nSPS) is 12.6. The first-order valence-electron chi connectivity index (χ1n) is 11.6. The number of amides is 2. The Hall–Kier alpha value is -2.34. The van der Waals surface area contributed by atoms with Crippen molar-refractivity contribution in [3.8, 4) is 0 Å². The average molecular weight is 576 g/mol. The molecule has 0 saturated heterocycles. The topological polar surface area (TPSA) is 49.4 Å². The minimum Gasteiger partial charge on any atom is -0.352 e. The van der Waals surface area contributed by atoms with Gasteiger partial charge in [-0.05, 0) is 54.3 Å². The second-order valence-electron chi connectivity index (χ2n) is 8.60. The van der Waals surface area contributed by atoms with Gasteiger partial charge in [0.1, 0.15) is 6.04 Å². The van der Waals surface area contributed by atoms with E-state index in [-0.39, 0.29) is 24.3 Å². The molecule has 3 rings (SSSR count). The van der Waals surface area contributed by atoms with Crippen molar-refractivity contribution in [1.29, 1.82) is 0 Å². The molecule has 0 spiro atoms. The van der Waals surface area contributed by atoms with Crippen LogP contribution in [0.25, 0.3) is 0 Å². The Morgan fingerprint density at radius 1 is 0.914 bits per heavy atom. The van der Waals surface area contributed by atoms with Crippen LogP contribution in [0.1, 0.15) is 37.0 Å². The summed E-state index contributed by atoms with van der Waals surface area (Å²) in [4.78, 5) is 28.9. The molecule has 0 aliphatic heterocycles. The lowest BCUT2D eigenvalue weighted by Crippen LogP contribution is -2.52. The predicted octanol–water partition coefficient (Wildman–Crippen LogP) is 6.85. The zero-order chi connectivity index (χ0) is 25.4. The summed E-state index contributed by atoms with van der Waals surface area (Å²) in [5.41, 5.74) is 2.65. The molecule has 35 heavy (non-hydrogen) atoms. The van der Waals surface area contributed by atoms with Gasteiger partial charge in [0.25, 0.3) is 0 Å². The maximum atomic E-state index is 13.7. The largest absolute Gasteiger partial charge is 0.352 e. The molecule has 0 saturated carbocycles. The average Bonchev–Trinajstić information content (AvgIpc) is 2.84. The molecule has 184 valence electrons. The van der Waals surface area contributed by atoms with E-state index < -0.39 is 6.04 Å². The molecule has 0 fully saturated rings. The number of carbonyl (C=O) groups is 2. The molecule has 1 N–H and O–H groups in total. The highest BCUT2D eigenvalue weighted by molar-refractivity contribution is 9.10. The minimum atomic E-state index is -0.680. The van der Waals surface area contributed by atoms with Crippen LogP contribution in [-0.4, -0.2) is 28.8 Å². The van der Waals surface area contributed by atoms with Crippen LogP contribution in [0.4, 0.5) is 0 Å². The summed E-state index contributed by atoms with van der Waals surface area (Å²) >= 11 is 15.8. The van der Waals surface area contributed by atoms with Crippen LogP contribution < -0.4 is 5.32 Å². The maximum absolute atomic E-state index is 13.7. The molecule has 7 heteroatoms. The van der Waals surface area contributed by atoms with E-state index in [1.807, 2.05) is 68.4 Å². The fourth-order valence-electron chi connectivity index (χ4n) is 3.75. The summed E-state index contributed by atoms with van der Waals surface area (Å²) in [5.74, 6) is -0.329. The molecule has 2 atom stereocenters. The van der Waals surface area contributed by atoms with Gasteiger partial charge in [0.15, 0.2) is 0 Å². The number of carbonyl (C=O) groups excluding carboxylic acids is 2. The number of rotatable bonds is 10. The predicted molar refractivity (Wildman–Crippen MR) is 147 cm³/mol. The summed E-state index contributed by atoms with van der Waals surface area (Å²) < 4.78 is 0.913. The molecule has 0 unspecified atom stereocenters. The van der Waals surface area contributed by atoms with Crippen molar-refractivity contribution in [3.63, 3.8) is 0 Å². The van der Waals surface area contributed by atoms with E-state index in [0.717, 1.165) is 27.6 Å². The van der Waals surface area contributed by atoms with E-state index >= 15 is 0 Å². The van der Waals surface area contributed by atoms with Crippen molar-refractivity contribution >= 4 is 50.9 Å². The van der Waals surface area contributed by atoms with E-state index in [9.17, 15) is 9.59 Å². The number of nitrogens with zero attached hydrogens (tertiary/aromatic N) is 1. The summed E-state index contributed by atoms with van der Waals surface area (Å²) in [6.45, 7) is 4.28. The van der Waals surface area contributed by atoms with E-state index in [4.69, 9.17) is 23.2 Å². The smallest absolute Gasteiger partial charge is 0.243 e. The van der Waals surface area contributed by atoms with Crippen LogP contribution in [0.5, 0.6) is 0 Å². The third-order valence-electron chi connectivity index (χ3n) is 5.85. The SMILES string of the molecule is CC[C@H](C)NC(=O)[C@H](Cc1ccccc1)N(Cc1cccc(Br)c1)C(=O)Cc1ccc(Cl)c(Cl)c1. The molecule has 0 aliphatic rings. The van der Waals surface area contributed by atoms with Gasteiger partial charge >= 0.3 is 0 Å². The van der Waals surface area contributed by atoms with Gasteiger partial charge in [-0.3, -0.25) is 9.59 Å². The zero-order valence-electron chi connectivity index (χ0n) is 19.8. The fourth-order valence-corrected chi connectivity index (χ4v) is 4.52. The first-order valence-corrected chi connectivity index (χ1v) is 13.1. The molecule has 0 heterocycles. The van der Waals surface area contributed by atoms with Gasteiger partial charge in [-0.25, -0.2) is 0 Å². The van der Waals surface area contributed by atoms with Gasteiger partial charge < -0.3 is 10.2 Å². The molecular weight excluding hydrogens is 547 g/mol. The first-order chi connectivity index (χ1) is 16.8. The van der Waals surface area contributed by atoms with Crippen LogP contribution in [-0.2, 0) is 29.0 Å². The Morgan fingerprint density at radius 3 is 2.29 bits per heavy atom. The first kappa shape index (κ1) is 27.3. The van der Waals surface area contributed by atoms with E-state index in [1.54, 1.807) is 23.1 Å². The van der Waals surface area contributed by atoms with Crippen LogP contribution in [0.2, 0.25) is 10.0 Å². The van der Waals surface area contributed by atoms with Crippen molar-refractivity contribution < 1.29 is 9.59 Å². The summed E-state index contributed by atoms with van der Waals surface area (Å²) in [7, 11) is 0. The standard InChI is InChI=1S/C28H29BrCl2N2O2/c1-3-19(2)32-28(35)26(16-20-8-5-4-6-9-20)33(18-22-10-7-11-23(29)14-22)27(34)17-21-12-13-24(30)25(31)15-21/h4-15,19,26H,3,16-18H2,1-2H3,(H,32,35)/t19-,26-/m0/s1. The highest BCUT2D eigenvalue weighted by atomic mass is 79.9. The van der Waals surface area contributed by atoms with Gasteiger partial charge in [0.2, 0.25) is 11.8 Å². The van der Waals surface area contributed by atoms with Gasteiger partial charge in [-0.1, -0.05) is 94.6 Å². The molecule has 3 aromatic rings. The summed E-state index contributed by atoms with van der Waals surface area (Å²) in [6, 6.07) is 22.0. The monoisotopic (exact) mass is 574 g/mol. The van der Waals surface area contributed by atoms with Crippen molar-refractivity contribution in [2.45, 2.75) is 51.7 Å². The summed E-state index contributed by atoms with van der Waals surface area (Å²) in [6.07, 6.45) is 1.31. The second kappa shape index (κ2) is 13.1. The van der Waals surface area contributed by atoms with Crippen molar-refractivity contribution in [1.82, 2.24) is 10.2 Å². The zero-order valence-corrected chi connectivity index (χ0v) is 22.9. The second-order valence-corrected chi connectivity index (χ2v) is 10.3. The number of halogens is 3. The lowest BCUT2D eigenvalue weighted by molar-refractivity contribution is -0.141. The maximum Gasteiger partial charge on any atom is 0.243 e. The highest BCUT2D eigenvalue weighted by Crippen LogP contribution is 2.24. The van der Waals surface area contributed by atoms with Crippen LogP contribution >= 0.6 is 39.1 Å². The number of nitrogens with one attached hydrogen (secondary N) is 1. The number of benzene rings is 3. The lowest BCUT2D eigenvalue weighted by Gasteiger charge is -2.32. The van der Waals surface area contributed by atoms with Gasteiger partial charge in [0, 0.05) is 23.5 Å². The fraction of sp³-hybridized carbons (Fsp3) is 0.286. The van der Waals surface area contributed by atoms with E-state index in [1.165, 1.54) is 0 Å². The van der Waals surface area contributed by atoms with Gasteiger partial charge in [0.05, 0.1) is 16.5 Å². The Labute approximate surface area is 225 Å². The molecule has 0 aliphatic carbocycles. The van der Waals surface area contributed by atoms with Gasteiger partial charge in [-0.2, -0.15) is 0 Å². The molecule has 3 aromatic carbocycles. The lowest BCUT2D eigenvalue weighted by atomic mass is 10.0. The Balaban J connectivity index is 1.98. The van der Waals surface area contributed by atoms with Crippen LogP contribution in [0.15, 0.2) is 77.3 Å².